The van der Waals surface area contributed by atoms with Crippen LogP contribution in [0.25, 0.3) is 0 Å². The Bertz CT molecular complexity index is 547. The molecule has 5 heteroatoms. The normalized spacial score (nSPS) is 19.4. The summed E-state index contributed by atoms with van der Waals surface area (Å²) in [5, 5.41) is 5.87. The molecule has 1 unspecified atom stereocenters. The molecule has 1 fully saturated rings. The number of aromatic nitrogens is 1. The number of thiophene rings is 1. The summed E-state index contributed by atoms with van der Waals surface area (Å²) in [6, 6.07) is 6.03. The van der Waals surface area contributed by atoms with Gasteiger partial charge in [0.2, 0.25) is 0 Å². The highest BCUT2D eigenvalue weighted by Crippen LogP contribution is 2.35. The Morgan fingerprint density at radius 3 is 3.17 bits per heavy atom. The smallest absolute Gasteiger partial charge is 0.276 e. The third-order valence-electron chi connectivity index (χ3n) is 3.23. The molecule has 1 amide bonds. The van der Waals surface area contributed by atoms with E-state index >= 15 is 0 Å². The molecule has 0 bridgehead atoms. The van der Waals surface area contributed by atoms with E-state index in [-0.39, 0.29) is 11.9 Å². The molecule has 1 aliphatic heterocycles. The van der Waals surface area contributed by atoms with Gasteiger partial charge in [0.1, 0.15) is 5.76 Å². The molecule has 0 N–H and O–H groups in total. The summed E-state index contributed by atoms with van der Waals surface area (Å²) in [4.78, 5) is 15.5. The highest BCUT2D eigenvalue weighted by molar-refractivity contribution is 7.10. The maximum absolute atomic E-state index is 12.4. The fourth-order valence-corrected chi connectivity index (χ4v) is 3.27. The van der Waals surface area contributed by atoms with Gasteiger partial charge in [-0.1, -0.05) is 11.2 Å². The SMILES string of the molecule is Cc1cc(C(=O)N2CCCC2c2cccs2)no1. The van der Waals surface area contributed by atoms with Crippen LogP contribution in [0.4, 0.5) is 0 Å². The van der Waals surface area contributed by atoms with Crippen LogP contribution < -0.4 is 0 Å². The average Bonchev–Trinajstić information content (AvgIpc) is 3.08. The molecule has 2 aromatic rings. The minimum atomic E-state index is -0.0252. The summed E-state index contributed by atoms with van der Waals surface area (Å²) in [6.07, 6.45) is 2.08. The molecule has 1 atom stereocenters. The maximum atomic E-state index is 12.4. The van der Waals surface area contributed by atoms with E-state index in [2.05, 4.69) is 16.6 Å². The molecule has 94 valence electrons. The van der Waals surface area contributed by atoms with Crippen molar-refractivity contribution in [1.82, 2.24) is 10.1 Å². The molecule has 3 heterocycles. The van der Waals surface area contributed by atoms with Crippen LogP contribution in [0.3, 0.4) is 0 Å². The number of rotatable bonds is 2. The molecule has 4 nitrogen and oxygen atoms in total. The van der Waals surface area contributed by atoms with Gasteiger partial charge in [-0.2, -0.15) is 0 Å². The van der Waals surface area contributed by atoms with E-state index in [1.54, 1.807) is 24.3 Å². The number of nitrogens with zero attached hydrogens (tertiary/aromatic N) is 2. The van der Waals surface area contributed by atoms with Crippen molar-refractivity contribution in [1.29, 1.82) is 0 Å². The quantitative estimate of drug-likeness (QED) is 0.835. The highest BCUT2D eigenvalue weighted by Gasteiger charge is 2.32. The average molecular weight is 262 g/mol. The number of hydrogen-bond donors (Lipinski definition) is 0. The second-order valence-electron chi connectivity index (χ2n) is 4.49. The Balaban J connectivity index is 1.85. The molecule has 0 radical (unpaired) electrons. The standard InChI is InChI=1S/C13H14N2O2S/c1-9-8-10(14-17-9)13(16)15-6-2-4-11(15)12-5-3-7-18-12/h3,5,7-8,11H,2,4,6H2,1H3. The summed E-state index contributed by atoms with van der Waals surface area (Å²) in [7, 11) is 0. The molecule has 18 heavy (non-hydrogen) atoms. The van der Waals surface area contributed by atoms with E-state index in [4.69, 9.17) is 4.52 Å². The van der Waals surface area contributed by atoms with Gasteiger partial charge in [0.25, 0.3) is 5.91 Å². The van der Waals surface area contributed by atoms with Crippen LogP contribution in [-0.2, 0) is 0 Å². The van der Waals surface area contributed by atoms with Crippen LogP contribution in [0.1, 0.15) is 40.0 Å². The van der Waals surface area contributed by atoms with E-state index in [0.717, 1.165) is 19.4 Å². The number of likely N-dealkylation sites (tertiary alicyclic amines) is 1. The van der Waals surface area contributed by atoms with Crippen molar-refractivity contribution in [3.63, 3.8) is 0 Å². The zero-order chi connectivity index (χ0) is 12.5. The van der Waals surface area contributed by atoms with Crippen LogP contribution in [-0.4, -0.2) is 22.5 Å². The molecule has 2 aromatic heterocycles. The van der Waals surface area contributed by atoms with Crippen LogP contribution in [0.2, 0.25) is 0 Å². The molecule has 0 spiro atoms. The van der Waals surface area contributed by atoms with Crippen molar-refractivity contribution in [2.75, 3.05) is 6.54 Å². The van der Waals surface area contributed by atoms with Crippen molar-refractivity contribution in [3.8, 4) is 0 Å². The van der Waals surface area contributed by atoms with Crippen molar-refractivity contribution < 1.29 is 9.32 Å². The third kappa shape index (κ3) is 1.95. The van der Waals surface area contributed by atoms with E-state index in [1.807, 2.05) is 11.0 Å². The van der Waals surface area contributed by atoms with Gasteiger partial charge < -0.3 is 9.42 Å². The summed E-state index contributed by atoms with van der Waals surface area (Å²) in [5.41, 5.74) is 0.413. The molecular weight excluding hydrogens is 248 g/mol. The topological polar surface area (TPSA) is 46.3 Å². The zero-order valence-corrected chi connectivity index (χ0v) is 10.9. The van der Waals surface area contributed by atoms with Crippen LogP contribution >= 0.6 is 11.3 Å². The van der Waals surface area contributed by atoms with Crippen molar-refractivity contribution in [2.24, 2.45) is 0 Å². The lowest BCUT2D eigenvalue weighted by atomic mass is 10.2. The van der Waals surface area contributed by atoms with E-state index in [9.17, 15) is 4.79 Å². The van der Waals surface area contributed by atoms with Gasteiger partial charge in [-0.25, -0.2) is 0 Å². The van der Waals surface area contributed by atoms with E-state index in [0.29, 0.717) is 11.5 Å². The molecule has 0 aliphatic carbocycles. The molecule has 3 rings (SSSR count). The van der Waals surface area contributed by atoms with Crippen LogP contribution in [0.15, 0.2) is 28.1 Å². The largest absolute Gasteiger partial charge is 0.361 e. The van der Waals surface area contributed by atoms with Gasteiger partial charge in [0, 0.05) is 17.5 Å². The number of aryl methyl sites for hydroxylation is 1. The Morgan fingerprint density at radius 1 is 1.61 bits per heavy atom. The van der Waals surface area contributed by atoms with Gasteiger partial charge in [0.05, 0.1) is 6.04 Å². The number of hydrogen-bond acceptors (Lipinski definition) is 4. The molecule has 0 saturated carbocycles. The first-order valence-corrected chi connectivity index (χ1v) is 6.91. The summed E-state index contributed by atoms with van der Waals surface area (Å²) in [5.74, 6) is 0.646. The second-order valence-corrected chi connectivity index (χ2v) is 5.47. The predicted molar refractivity (Wildman–Crippen MR) is 68.6 cm³/mol. The molecular formula is C13H14N2O2S. The van der Waals surface area contributed by atoms with E-state index < -0.39 is 0 Å². The number of carbonyl (C=O) groups is 1. The Kier molecular flexibility index (Phi) is 2.91. The number of carbonyl (C=O) groups excluding carboxylic acids is 1. The van der Waals surface area contributed by atoms with Gasteiger partial charge in [-0.3, -0.25) is 4.79 Å². The van der Waals surface area contributed by atoms with Gasteiger partial charge in [0.15, 0.2) is 5.69 Å². The van der Waals surface area contributed by atoms with Gasteiger partial charge in [-0.15, -0.1) is 11.3 Å². The second kappa shape index (κ2) is 4.57. The highest BCUT2D eigenvalue weighted by atomic mass is 32.1. The van der Waals surface area contributed by atoms with E-state index in [1.165, 1.54) is 4.88 Å². The van der Waals surface area contributed by atoms with Gasteiger partial charge >= 0.3 is 0 Å². The Hall–Kier alpha value is -1.62. The predicted octanol–water partition coefficient (Wildman–Crippen LogP) is 3.02. The van der Waals surface area contributed by atoms with Crippen LogP contribution in [0.5, 0.6) is 0 Å². The lowest BCUT2D eigenvalue weighted by Crippen LogP contribution is -2.30. The number of amides is 1. The first kappa shape index (κ1) is 11.5. The summed E-state index contributed by atoms with van der Waals surface area (Å²) >= 11 is 1.70. The fourth-order valence-electron chi connectivity index (χ4n) is 2.40. The first-order chi connectivity index (χ1) is 8.75. The fraction of sp³-hybridized carbons (Fsp3) is 0.385. The van der Waals surface area contributed by atoms with Crippen molar-refractivity contribution in [2.45, 2.75) is 25.8 Å². The molecule has 1 saturated heterocycles. The lowest BCUT2D eigenvalue weighted by Gasteiger charge is -2.22. The zero-order valence-electron chi connectivity index (χ0n) is 10.1. The molecule has 1 aliphatic rings. The summed E-state index contributed by atoms with van der Waals surface area (Å²) < 4.78 is 4.98. The van der Waals surface area contributed by atoms with Crippen molar-refractivity contribution in [3.05, 3.63) is 39.9 Å². The van der Waals surface area contributed by atoms with Crippen molar-refractivity contribution >= 4 is 17.2 Å². The lowest BCUT2D eigenvalue weighted by molar-refractivity contribution is 0.0727. The van der Waals surface area contributed by atoms with Gasteiger partial charge in [-0.05, 0) is 31.2 Å². The minimum absolute atomic E-state index is 0.0252. The Morgan fingerprint density at radius 2 is 2.50 bits per heavy atom. The maximum Gasteiger partial charge on any atom is 0.276 e. The third-order valence-corrected chi connectivity index (χ3v) is 4.21. The molecule has 0 aromatic carbocycles. The Labute approximate surface area is 109 Å². The first-order valence-electron chi connectivity index (χ1n) is 6.03. The summed E-state index contributed by atoms with van der Waals surface area (Å²) in [6.45, 7) is 2.60. The monoisotopic (exact) mass is 262 g/mol. The minimum Gasteiger partial charge on any atom is -0.361 e. The van der Waals surface area contributed by atoms with Crippen LogP contribution in [0, 0.1) is 6.92 Å².